The van der Waals surface area contributed by atoms with E-state index in [0.717, 1.165) is 18.4 Å². The minimum atomic E-state index is -0.876. The zero-order valence-electron chi connectivity index (χ0n) is 11.1. The molecule has 1 aliphatic heterocycles. The highest BCUT2D eigenvalue weighted by molar-refractivity contribution is 5.98. The van der Waals surface area contributed by atoms with Crippen LogP contribution in [-0.4, -0.2) is 29.8 Å². The largest absolute Gasteiger partial charge is 0.345 e. The fraction of sp³-hybridized carbons (Fsp3) is 0.467. The van der Waals surface area contributed by atoms with Crippen LogP contribution >= 0.6 is 0 Å². The fourth-order valence-corrected chi connectivity index (χ4v) is 2.69. The van der Waals surface area contributed by atoms with Crippen LogP contribution in [0.1, 0.15) is 25.3 Å². The molecule has 19 heavy (non-hydrogen) atoms. The number of carbonyl (C=O) groups excluding carboxylic acids is 2. The minimum absolute atomic E-state index is 0.0119. The van der Waals surface area contributed by atoms with Crippen LogP contribution in [0.25, 0.3) is 0 Å². The van der Waals surface area contributed by atoms with E-state index in [4.69, 9.17) is 0 Å². The molecule has 2 amide bonds. The Kier molecular flexibility index (Phi) is 2.81. The van der Waals surface area contributed by atoms with Gasteiger partial charge in [0.25, 0.3) is 5.91 Å². The molecule has 1 aromatic rings. The molecule has 0 aromatic heterocycles. The first-order chi connectivity index (χ1) is 9.12. The summed E-state index contributed by atoms with van der Waals surface area (Å²) in [7, 11) is 0. The summed E-state index contributed by atoms with van der Waals surface area (Å²) in [5.41, 5.74) is 0.000301. The van der Waals surface area contributed by atoms with Crippen molar-refractivity contribution in [3.63, 3.8) is 0 Å². The van der Waals surface area contributed by atoms with E-state index < -0.39 is 5.54 Å². The first-order valence-electron chi connectivity index (χ1n) is 6.76. The number of piperazine rings is 1. The Morgan fingerprint density at radius 1 is 1.26 bits per heavy atom. The molecule has 1 aromatic carbocycles. The Balaban J connectivity index is 2.00. The Labute approximate surface area is 112 Å². The van der Waals surface area contributed by atoms with Gasteiger partial charge in [0, 0.05) is 6.54 Å². The number of amides is 2. The lowest BCUT2D eigenvalue weighted by molar-refractivity contribution is -0.153. The molecule has 0 spiro atoms. The molecular formula is C15H18N2O2. The number of hydrogen-bond donors (Lipinski definition) is 1. The summed E-state index contributed by atoms with van der Waals surface area (Å²) in [4.78, 5) is 26.3. The Bertz CT molecular complexity index is 510. The van der Waals surface area contributed by atoms with Crippen LogP contribution in [0.5, 0.6) is 0 Å². The molecule has 1 N–H and O–H groups in total. The zero-order chi connectivity index (χ0) is 13.5. The molecule has 1 atom stereocenters. The van der Waals surface area contributed by atoms with E-state index in [0.29, 0.717) is 12.5 Å². The smallest absolute Gasteiger partial charge is 0.250 e. The number of hydrogen-bond acceptors (Lipinski definition) is 2. The van der Waals surface area contributed by atoms with Crippen molar-refractivity contribution < 1.29 is 9.59 Å². The van der Waals surface area contributed by atoms with Gasteiger partial charge in [-0.2, -0.15) is 0 Å². The molecule has 0 radical (unpaired) electrons. The van der Waals surface area contributed by atoms with Crippen molar-refractivity contribution in [2.24, 2.45) is 5.92 Å². The lowest BCUT2D eigenvalue weighted by Crippen LogP contribution is -2.64. The molecule has 4 heteroatoms. The van der Waals surface area contributed by atoms with Gasteiger partial charge in [0.15, 0.2) is 0 Å². The molecule has 100 valence electrons. The second-order valence-electron chi connectivity index (χ2n) is 5.57. The molecule has 2 fully saturated rings. The Morgan fingerprint density at radius 3 is 2.58 bits per heavy atom. The zero-order valence-corrected chi connectivity index (χ0v) is 11.1. The van der Waals surface area contributed by atoms with Gasteiger partial charge in [0.1, 0.15) is 5.54 Å². The van der Waals surface area contributed by atoms with E-state index in [2.05, 4.69) is 5.32 Å². The van der Waals surface area contributed by atoms with E-state index in [9.17, 15) is 9.59 Å². The summed E-state index contributed by atoms with van der Waals surface area (Å²) in [5.74, 6) is 0.495. The number of nitrogens with one attached hydrogen (secondary N) is 1. The first-order valence-corrected chi connectivity index (χ1v) is 6.76. The van der Waals surface area contributed by atoms with E-state index in [1.807, 2.05) is 37.3 Å². The molecule has 1 aliphatic carbocycles. The van der Waals surface area contributed by atoms with Crippen molar-refractivity contribution in [1.82, 2.24) is 10.2 Å². The van der Waals surface area contributed by atoms with Crippen LogP contribution in [-0.2, 0) is 15.1 Å². The minimum Gasteiger partial charge on any atom is -0.345 e. The van der Waals surface area contributed by atoms with Gasteiger partial charge in [-0.1, -0.05) is 30.3 Å². The van der Waals surface area contributed by atoms with Crippen molar-refractivity contribution in [3.05, 3.63) is 35.9 Å². The molecular weight excluding hydrogens is 240 g/mol. The van der Waals surface area contributed by atoms with Gasteiger partial charge in [-0.25, -0.2) is 0 Å². The lowest BCUT2D eigenvalue weighted by Gasteiger charge is -2.44. The Hall–Kier alpha value is -1.84. The highest BCUT2D eigenvalue weighted by Gasteiger charge is 2.48. The lowest BCUT2D eigenvalue weighted by atomic mass is 9.87. The molecule has 1 unspecified atom stereocenters. The maximum atomic E-state index is 12.4. The second kappa shape index (κ2) is 4.37. The predicted octanol–water partition coefficient (Wildman–Crippen LogP) is 1.27. The standard InChI is InChI=1S/C15H18N2O2/c1-15(12-5-3-2-4-6-12)14(19)16-9-13(18)17(15)10-11-7-8-11/h2-6,11H,7-10H2,1H3,(H,16,19). The topological polar surface area (TPSA) is 49.4 Å². The van der Waals surface area contributed by atoms with E-state index in [1.54, 1.807) is 4.90 Å². The molecule has 4 nitrogen and oxygen atoms in total. The third kappa shape index (κ3) is 2.01. The van der Waals surface area contributed by atoms with Crippen molar-refractivity contribution in [2.45, 2.75) is 25.3 Å². The molecule has 1 heterocycles. The maximum absolute atomic E-state index is 12.4. The second-order valence-corrected chi connectivity index (χ2v) is 5.57. The first kappa shape index (κ1) is 12.2. The number of nitrogens with zero attached hydrogens (tertiary/aromatic N) is 1. The van der Waals surface area contributed by atoms with Crippen molar-refractivity contribution >= 4 is 11.8 Å². The van der Waals surface area contributed by atoms with Gasteiger partial charge in [0.05, 0.1) is 6.54 Å². The number of benzene rings is 1. The summed E-state index contributed by atoms with van der Waals surface area (Å²) >= 11 is 0. The normalized spacial score (nSPS) is 27.3. The van der Waals surface area contributed by atoms with E-state index in [-0.39, 0.29) is 18.4 Å². The van der Waals surface area contributed by atoms with Gasteiger partial charge in [0.2, 0.25) is 5.91 Å². The summed E-state index contributed by atoms with van der Waals surface area (Å²) in [6.07, 6.45) is 2.33. The van der Waals surface area contributed by atoms with Crippen LogP contribution in [0.2, 0.25) is 0 Å². The van der Waals surface area contributed by atoms with Crippen LogP contribution in [0.3, 0.4) is 0 Å². The van der Waals surface area contributed by atoms with E-state index in [1.165, 1.54) is 0 Å². The molecule has 2 aliphatic rings. The van der Waals surface area contributed by atoms with Gasteiger partial charge >= 0.3 is 0 Å². The van der Waals surface area contributed by atoms with Gasteiger partial charge in [-0.3, -0.25) is 9.59 Å². The third-order valence-electron chi connectivity index (χ3n) is 4.16. The molecule has 1 saturated heterocycles. The summed E-state index contributed by atoms with van der Waals surface area (Å²) in [6, 6.07) is 9.56. The van der Waals surface area contributed by atoms with Crippen molar-refractivity contribution in [3.8, 4) is 0 Å². The quantitative estimate of drug-likeness (QED) is 0.887. The average Bonchev–Trinajstić information content (AvgIpc) is 3.24. The number of carbonyl (C=O) groups is 2. The van der Waals surface area contributed by atoms with Crippen LogP contribution in [0.15, 0.2) is 30.3 Å². The van der Waals surface area contributed by atoms with Crippen LogP contribution in [0, 0.1) is 5.92 Å². The fourth-order valence-electron chi connectivity index (χ4n) is 2.69. The van der Waals surface area contributed by atoms with Gasteiger partial charge in [-0.05, 0) is 31.2 Å². The van der Waals surface area contributed by atoms with Crippen LogP contribution < -0.4 is 5.32 Å². The Morgan fingerprint density at radius 2 is 1.95 bits per heavy atom. The summed E-state index contributed by atoms with van der Waals surface area (Å²) in [5, 5.41) is 2.71. The van der Waals surface area contributed by atoms with Crippen LogP contribution in [0.4, 0.5) is 0 Å². The highest BCUT2D eigenvalue weighted by atomic mass is 16.2. The van der Waals surface area contributed by atoms with E-state index >= 15 is 0 Å². The maximum Gasteiger partial charge on any atom is 0.250 e. The number of rotatable bonds is 3. The average molecular weight is 258 g/mol. The SMILES string of the molecule is CC1(c2ccccc2)C(=O)NCC(=O)N1CC1CC1. The van der Waals surface area contributed by atoms with Crippen molar-refractivity contribution in [2.75, 3.05) is 13.1 Å². The highest BCUT2D eigenvalue weighted by Crippen LogP contribution is 2.37. The van der Waals surface area contributed by atoms with Crippen molar-refractivity contribution in [1.29, 1.82) is 0 Å². The summed E-state index contributed by atoms with van der Waals surface area (Å²) in [6.45, 7) is 2.66. The molecule has 3 rings (SSSR count). The third-order valence-corrected chi connectivity index (χ3v) is 4.16. The van der Waals surface area contributed by atoms with Gasteiger partial charge in [-0.15, -0.1) is 0 Å². The molecule has 0 bridgehead atoms. The molecule has 1 saturated carbocycles. The van der Waals surface area contributed by atoms with Gasteiger partial charge < -0.3 is 10.2 Å². The summed E-state index contributed by atoms with van der Waals surface area (Å²) < 4.78 is 0. The monoisotopic (exact) mass is 258 g/mol. The predicted molar refractivity (Wildman–Crippen MR) is 71.2 cm³/mol.